The molecule has 0 unspecified atom stereocenters. The van der Waals surface area contributed by atoms with Gasteiger partial charge >= 0.3 is 6.16 Å². The Morgan fingerprint density at radius 3 is 2.54 bits per heavy atom. The highest BCUT2D eigenvalue weighted by atomic mass is 16.7. The molecule has 0 aromatic heterocycles. The SMILES string of the molecule is C=C1CC2(CCCCC2)OC(=O)O1. The van der Waals surface area contributed by atoms with Gasteiger partial charge in [0.05, 0.1) is 0 Å². The van der Waals surface area contributed by atoms with Gasteiger partial charge in [-0.3, -0.25) is 0 Å². The van der Waals surface area contributed by atoms with Gasteiger partial charge in [0.2, 0.25) is 0 Å². The fraction of sp³-hybridized carbons (Fsp3) is 0.700. The molecule has 0 radical (unpaired) electrons. The van der Waals surface area contributed by atoms with Crippen LogP contribution in [0.4, 0.5) is 4.79 Å². The maximum atomic E-state index is 11.0. The number of carbonyl (C=O) groups is 1. The number of carbonyl (C=O) groups excluding carboxylic acids is 1. The van der Waals surface area contributed by atoms with Gasteiger partial charge in [0.25, 0.3) is 0 Å². The van der Waals surface area contributed by atoms with E-state index in [1.807, 2.05) is 0 Å². The largest absolute Gasteiger partial charge is 0.514 e. The molecule has 0 aromatic rings. The molecule has 1 saturated heterocycles. The molecule has 1 spiro atoms. The highest BCUT2D eigenvalue weighted by Crippen LogP contribution is 2.39. The van der Waals surface area contributed by atoms with Crippen molar-refractivity contribution >= 4 is 6.16 Å². The smallest absolute Gasteiger partial charge is 0.427 e. The van der Waals surface area contributed by atoms with Crippen molar-refractivity contribution in [2.45, 2.75) is 44.1 Å². The summed E-state index contributed by atoms with van der Waals surface area (Å²) in [6.07, 6.45) is 5.55. The molecule has 72 valence electrons. The van der Waals surface area contributed by atoms with E-state index < -0.39 is 6.16 Å². The molecular weight excluding hydrogens is 168 g/mol. The van der Waals surface area contributed by atoms with Crippen LogP contribution in [0.15, 0.2) is 12.3 Å². The molecule has 1 heterocycles. The predicted octanol–water partition coefficient (Wildman–Crippen LogP) is 2.76. The lowest BCUT2D eigenvalue weighted by Gasteiger charge is -2.39. The average molecular weight is 182 g/mol. The van der Waals surface area contributed by atoms with Crippen molar-refractivity contribution in [2.24, 2.45) is 0 Å². The van der Waals surface area contributed by atoms with Crippen LogP contribution in [0.3, 0.4) is 0 Å². The fourth-order valence-electron chi connectivity index (χ4n) is 2.22. The molecule has 2 aliphatic rings. The Labute approximate surface area is 77.7 Å². The zero-order valence-electron chi connectivity index (χ0n) is 7.67. The van der Waals surface area contributed by atoms with Crippen LogP contribution >= 0.6 is 0 Å². The van der Waals surface area contributed by atoms with E-state index in [2.05, 4.69) is 6.58 Å². The first-order valence-corrected chi connectivity index (χ1v) is 4.79. The van der Waals surface area contributed by atoms with Crippen LogP contribution in [0, 0.1) is 0 Å². The van der Waals surface area contributed by atoms with Crippen LogP contribution in [0.2, 0.25) is 0 Å². The van der Waals surface area contributed by atoms with Crippen molar-refractivity contribution < 1.29 is 14.3 Å². The van der Waals surface area contributed by atoms with Crippen molar-refractivity contribution in [1.29, 1.82) is 0 Å². The summed E-state index contributed by atoms with van der Waals surface area (Å²) in [7, 11) is 0. The average Bonchev–Trinajstić information content (AvgIpc) is 2.02. The normalized spacial score (nSPS) is 26.8. The van der Waals surface area contributed by atoms with Gasteiger partial charge in [0.15, 0.2) is 0 Å². The van der Waals surface area contributed by atoms with E-state index >= 15 is 0 Å². The Hall–Kier alpha value is -0.990. The highest BCUT2D eigenvalue weighted by Gasteiger charge is 2.41. The van der Waals surface area contributed by atoms with Crippen LogP contribution in [-0.4, -0.2) is 11.8 Å². The summed E-state index contributed by atoms with van der Waals surface area (Å²) in [5.41, 5.74) is -0.273. The maximum absolute atomic E-state index is 11.0. The van der Waals surface area contributed by atoms with Gasteiger partial charge in [0.1, 0.15) is 11.4 Å². The van der Waals surface area contributed by atoms with Crippen molar-refractivity contribution in [3.63, 3.8) is 0 Å². The van der Waals surface area contributed by atoms with E-state index in [-0.39, 0.29) is 5.60 Å². The molecule has 13 heavy (non-hydrogen) atoms. The van der Waals surface area contributed by atoms with E-state index in [0.717, 1.165) is 25.7 Å². The van der Waals surface area contributed by atoms with Crippen LogP contribution in [0.1, 0.15) is 38.5 Å². The number of cyclic esters (lactones) is 1. The summed E-state index contributed by atoms with van der Waals surface area (Å²) in [5, 5.41) is 0. The fourth-order valence-corrected chi connectivity index (χ4v) is 2.22. The minimum atomic E-state index is -0.571. The molecular formula is C10H14O3. The molecule has 0 N–H and O–H groups in total. The van der Waals surface area contributed by atoms with Crippen LogP contribution in [0.25, 0.3) is 0 Å². The summed E-state index contributed by atoms with van der Waals surface area (Å²) in [6, 6.07) is 0. The molecule has 0 atom stereocenters. The van der Waals surface area contributed by atoms with E-state index in [4.69, 9.17) is 9.47 Å². The molecule has 2 rings (SSSR count). The molecule has 0 amide bonds. The summed E-state index contributed by atoms with van der Waals surface area (Å²) in [6.45, 7) is 3.69. The zero-order chi connectivity index (χ0) is 9.31. The van der Waals surface area contributed by atoms with E-state index in [1.165, 1.54) is 6.42 Å². The second-order valence-corrected chi connectivity index (χ2v) is 3.91. The van der Waals surface area contributed by atoms with Crippen LogP contribution in [0.5, 0.6) is 0 Å². The first kappa shape index (κ1) is 8.60. The van der Waals surface area contributed by atoms with Gasteiger partial charge in [0, 0.05) is 6.42 Å². The standard InChI is InChI=1S/C10H14O3/c1-8-7-10(13-9(11)12-8)5-3-2-4-6-10/h1-7H2. The van der Waals surface area contributed by atoms with Gasteiger partial charge in [-0.15, -0.1) is 0 Å². The number of rotatable bonds is 0. The quantitative estimate of drug-likeness (QED) is 0.540. The lowest BCUT2D eigenvalue weighted by molar-refractivity contribution is -0.0789. The van der Waals surface area contributed by atoms with Crippen molar-refractivity contribution in [2.75, 3.05) is 0 Å². The van der Waals surface area contributed by atoms with E-state index in [0.29, 0.717) is 12.2 Å². The van der Waals surface area contributed by atoms with Gasteiger partial charge in [-0.05, 0) is 25.7 Å². The number of hydrogen-bond acceptors (Lipinski definition) is 3. The Kier molecular flexibility index (Phi) is 2.02. The first-order chi connectivity index (χ1) is 6.20. The number of hydrogen-bond donors (Lipinski definition) is 0. The summed E-state index contributed by atoms with van der Waals surface area (Å²) in [4.78, 5) is 11.0. The van der Waals surface area contributed by atoms with Crippen LogP contribution < -0.4 is 0 Å². The zero-order valence-corrected chi connectivity index (χ0v) is 7.67. The van der Waals surface area contributed by atoms with Gasteiger partial charge < -0.3 is 9.47 Å². The van der Waals surface area contributed by atoms with Gasteiger partial charge in [-0.25, -0.2) is 4.79 Å². The monoisotopic (exact) mass is 182 g/mol. The second-order valence-electron chi connectivity index (χ2n) is 3.91. The first-order valence-electron chi connectivity index (χ1n) is 4.79. The van der Waals surface area contributed by atoms with Crippen LogP contribution in [-0.2, 0) is 9.47 Å². The third-order valence-corrected chi connectivity index (χ3v) is 2.81. The second kappa shape index (κ2) is 3.05. The van der Waals surface area contributed by atoms with Crippen molar-refractivity contribution in [1.82, 2.24) is 0 Å². The molecule has 2 fully saturated rings. The topological polar surface area (TPSA) is 35.5 Å². The third-order valence-electron chi connectivity index (χ3n) is 2.81. The molecule has 1 aliphatic heterocycles. The third kappa shape index (κ3) is 1.69. The molecule has 3 nitrogen and oxygen atoms in total. The molecule has 0 aromatic carbocycles. The molecule has 1 aliphatic carbocycles. The lowest BCUT2D eigenvalue weighted by Crippen LogP contribution is -2.41. The summed E-state index contributed by atoms with van der Waals surface area (Å²) >= 11 is 0. The number of ether oxygens (including phenoxy) is 2. The summed E-state index contributed by atoms with van der Waals surface area (Å²) in [5.74, 6) is 0.554. The molecule has 0 bridgehead atoms. The minimum absolute atomic E-state index is 0.273. The van der Waals surface area contributed by atoms with E-state index in [9.17, 15) is 4.79 Å². The van der Waals surface area contributed by atoms with Gasteiger partial charge in [-0.2, -0.15) is 0 Å². The predicted molar refractivity (Wildman–Crippen MR) is 47.1 cm³/mol. The maximum Gasteiger partial charge on any atom is 0.514 e. The Morgan fingerprint density at radius 2 is 1.92 bits per heavy atom. The van der Waals surface area contributed by atoms with Gasteiger partial charge in [-0.1, -0.05) is 13.0 Å². The molecule has 3 heteroatoms. The molecule has 1 saturated carbocycles. The lowest BCUT2D eigenvalue weighted by atomic mass is 9.81. The summed E-state index contributed by atoms with van der Waals surface area (Å²) < 4.78 is 10.0. The van der Waals surface area contributed by atoms with E-state index in [1.54, 1.807) is 0 Å². The Morgan fingerprint density at radius 1 is 1.23 bits per heavy atom. The van der Waals surface area contributed by atoms with Crippen molar-refractivity contribution in [3.8, 4) is 0 Å². The highest BCUT2D eigenvalue weighted by molar-refractivity contribution is 5.63. The Balaban J connectivity index is 2.11. The van der Waals surface area contributed by atoms with Crippen molar-refractivity contribution in [3.05, 3.63) is 12.3 Å². The minimum Gasteiger partial charge on any atom is -0.427 e. The Bertz CT molecular complexity index is 221.